The Morgan fingerprint density at radius 1 is 1.27 bits per heavy atom. The van der Waals surface area contributed by atoms with E-state index in [4.69, 9.17) is 19.2 Å². The van der Waals surface area contributed by atoms with Crippen molar-refractivity contribution in [3.63, 3.8) is 0 Å². The van der Waals surface area contributed by atoms with Crippen molar-refractivity contribution < 1.29 is 24.1 Å². The highest BCUT2D eigenvalue weighted by Crippen LogP contribution is 2.37. The maximum atomic E-state index is 12.7. The van der Waals surface area contributed by atoms with Gasteiger partial charge in [0, 0.05) is 45.5 Å². The Labute approximate surface area is 238 Å². The lowest BCUT2D eigenvalue weighted by Gasteiger charge is -2.38. The van der Waals surface area contributed by atoms with E-state index in [1.54, 1.807) is 7.11 Å². The SMILES string of the molecule is COC(C)(C)[C@H]1Cc2c(cc(C)cc2[C@@H](C(=O)O)N2CC[C@@H](OCCCCc3ccc4c(n3)NCCC4)C2)CO1. The van der Waals surface area contributed by atoms with Crippen LogP contribution < -0.4 is 5.32 Å². The molecule has 4 heterocycles. The summed E-state index contributed by atoms with van der Waals surface area (Å²) >= 11 is 0. The Bertz CT molecular complexity index is 1200. The van der Waals surface area contributed by atoms with Crippen molar-refractivity contribution >= 4 is 11.8 Å². The van der Waals surface area contributed by atoms with E-state index in [1.807, 2.05) is 20.8 Å². The number of benzene rings is 1. The number of hydrogen-bond acceptors (Lipinski definition) is 7. The molecule has 0 spiro atoms. The summed E-state index contributed by atoms with van der Waals surface area (Å²) in [6, 6.07) is 7.85. The van der Waals surface area contributed by atoms with Gasteiger partial charge in [-0.25, -0.2) is 4.98 Å². The zero-order valence-corrected chi connectivity index (χ0v) is 24.5. The van der Waals surface area contributed by atoms with Crippen LogP contribution in [0.3, 0.4) is 0 Å². The number of aliphatic carboxylic acids is 1. The van der Waals surface area contributed by atoms with Gasteiger partial charge in [-0.3, -0.25) is 9.69 Å². The van der Waals surface area contributed by atoms with Gasteiger partial charge in [-0.05, 0) is 87.6 Å². The van der Waals surface area contributed by atoms with Crippen LogP contribution in [0, 0.1) is 6.92 Å². The molecule has 0 amide bonds. The van der Waals surface area contributed by atoms with Crippen LogP contribution >= 0.6 is 0 Å². The number of pyridine rings is 1. The summed E-state index contributed by atoms with van der Waals surface area (Å²) in [5.41, 5.74) is 6.11. The lowest BCUT2D eigenvalue weighted by Crippen LogP contribution is -2.44. The van der Waals surface area contributed by atoms with E-state index in [2.05, 4.69) is 34.5 Å². The van der Waals surface area contributed by atoms with E-state index >= 15 is 0 Å². The largest absolute Gasteiger partial charge is 0.480 e. The van der Waals surface area contributed by atoms with Gasteiger partial charge < -0.3 is 24.6 Å². The molecule has 0 bridgehead atoms. The lowest BCUT2D eigenvalue weighted by molar-refractivity contribution is -0.143. The molecule has 1 fully saturated rings. The number of nitrogens with one attached hydrogen (secondary N) is 1. The topological polar surface area (TPSA) is 93.2 Å². The highest BCUT2D eigenvalue weighted by atomic mass is 16.5. The van der Waals surface area contributed by atoms with Gasteiger partial charge in [0.1, 0.15) is 11.9 Å². The van der Waals surface area contributed by atoms with Gasteiger partial charge in [0.15, 0.2) is 0 Å². The Morgan fingerprint density at radius 2 is 2.12 bits per heavy atom. The monoisotopic (exact) mass is 551 g/mol. The van der Waals surface area contributed by atoms with Gasteiger partial charge in [0.2, 0.25) is 0 Å². The first-order chi connectivity index (χ1) is 19.2. The quantitative estimate of drug-likeness (QED) is 0.383. The van der Waals surface area contributed by atoms with Crippen LogP contribution in [-0.2, 0) is 44.9 Å². The highest BCUT2D eigenvalue weighted by molar-refractivity contribution is 5.76. The number of rotatable bonds is 11. The number of methoxy groups -OCH3 is 1. The van der Waals surface area contributed by atoms with E-state index in [0.717, 1.165) is 72.4 Å². The normalized spacial score (nSPS) is 21.9. The Balaban J connectivity index is 1.17. The fourth-order valence-electron chi connectivity index (χ4n) is 6.33. The number of aryl methyl sites for hydroxylation is 3. The summed E-state index contributed by atoms with van der Waals surface area (Å²) in [5.74, 6) is 0.244. The first-order valence-corrected chi connectivity index (χ1v) is 14.9. The van der Waals surface area contributed by atoms with Gasteiger partial charge >= 0.3 is 5.97 Å². The highest BCUT2D eigenvalue weighted by Gasteiger charge is 2.39. The van der Waals surface area contributed by atoms with Gasteiger partial charge in [0.05, 0.1) is 24.4 Å². The number of ether oxygens (including phenoxy) is 3. The fraction of sp³-hybridized carbons (Fsp3) is 0.625. The van der Waals surface area contributed by atoms with Crippen molar-refractivity contribution in [3.05, 3.63) is 57.8 Å². The number of carboxylic acid groups (broad SMARTS) is 1. The number of nitrogens with zero attached hydrogens (tertiary/aromatic N) is 2. The molecule has 0 radical (unpaired) electrons. The minimum absolute atomic E-state index is 0.0528. The first kappa shape index (κ1) is 29.0. The molecule has 8 heteroatoms. The minimum Gasteiger partial charge on any atom is -0.480 e. The summed E-state index contributed by atoms with van der Waals surface area (Å²) in [6.07, 6.45) is 6.62. The molecule has 5 rings (SSSR count). The van der Waals surface area contributed by atoms with E-state index in [9.17, 15) is 9.90 Å². The van der Waals surface area contributed by atoms with Crippen molar-refractivity contribution in [2.75, 3.05) is 38.7 Å². The molecule has 2 N–H and O–H groups in total. The lowest BCUT2D eigenvalue weighted by atomic mass is 9.84. The van der Waals surface area contributed by atoms with Crippen LogP contribution in [0.25, 0.3) is 0 Å². The van der Waals surface area contributed by atoms with Crippen LogP contribution in [-0.4, -0.2) is 72.1 Å². The van der Waals surface area contributed by atoms with E-state index in [1.165, 1.54) is 12.0 Å². The predicted molar refractivity (Wildman–Crippen MR) is 155 cm³/mol. The molecular formula is C32H45N3O5. The molecular weight excluding hydrogens is 506 g/mol. The summed E-state index contributed by atoms with van der Waals surface area (Å²) in [7, 11) is 1.70. The first-order valence-electron chi connectivity index (χ1n) is 14.9. The van der Waals surface area contributed by atoms with Gasteiger partial charge in [-0.1, -0.05) is 23.8 Å². The van der Waals surface area contributed by atoms with E-state index in [0.29, 0.717) is 32.7 Å². The molecule has 1 aromatic heterocycles. The standard InChI is InChI=1S/C32H45N3O5/c1-21-16-23-20-40-28(32(2,3)38-4)18-26(23)27(17-21)29(31(36)37)35-14-12-25(19-35)39-15-6-5-9-24-11-10-22-8-7-13-33-30(22)34-24/h10-11,16-17,25,28-29H,5-9,12-15,18-20H2,1-4H3,(H,33,34)(H,36,37)/t25-,28-,29+/m1/s1. The van der Waals surface area contributed by atoms with Crippen LogP contribution in [0.4, 0.5) is 5.82 Å². The Morgan fingerprint density at radius 3 is 2.92 bits per heavy atom. The van der Waals surface area contributed by atoms with Gasteiger partial charge in [-0.2, -0.15) is 0 Å². The second kappa shape index (κ2) is 12.6. The number of likely N-dealkylation sites (tertiary alicyclic amines) is 1. The number of carboxylic acids is 1. The number of unbranched alkanes of at least 4 members (excludes halogenated alkanes) is 1. The molecule has 1 saturated heterocycles. The van der Waals surface area contributed by atoms with Crippen LogP contribution in [0.1, 0.15) is 79.1 Å². The third-order valence-electron chi connectivity index (χ3n) is 8.85. The molecule has 0 aliphatic carbocycles. The van der Waals surface area contributed by atoms with Gasteiger partial charge in [-0.15, -0.1) is 0 Å². The fourth-order valence-corrected chi connectivity index (χ4v) is 6.33. The smallest absolute Gasteiger partial charge is 0.325 e. The van der Waals surface area contributed by atoms with E-state index < -0.39 is 17.6 Å². The molecule has 0 saturated carbocycles. The maximum Gasteiger partial charge on any atom is 0.325 e. The zero-order chi connectivity index (χ0) is 28.3. The number of carbonyl (C=O) groups is 1. The average molecular weight is 552 g/mol. The molecule has 3 atom stereocenters. The molecule has 3 aliphatic rings. The number of aromatic nitrogens is 1. The van der Waals surface area contributed by atoms with Crippen molar-refractivity contribution in [2.24, 2.45) is 0 Å². The summed E-state index contributed by atoms with van der Waals surface area (Å²) in [5, 5.41) is 13.8. The summed E-state index contributed by atoms with van der Waals surface area (Å²) < 4.78 is 18.1. The average Bonchev–Trinajstić information content (AvgIpc) is 3.40. The second-order valence-corrected chi connectivity index (χ2v) is 12.1. The number of fused-ring (bicyclic) bond motifs is 2. The molecule has 40 heavy (non-hydrogen) atoms. The molecule has 2 aromatic rings. The number of hydrogen-bond donors (Lipinski definition) is 2. The molecule has 3 aliphatic heterocycles. The second-order valence-electron chi connectivity index (χ2n) is 12.1. The number of anilines is 1. The zero-order valence-electron chi connectivity index (χ0n) is 24.5. The van der Waals surface area contributed by atoms with Crippen molar-refractivity contribution in [1.82, 2.24) is 9.88 Å². The third-order valence-corrected chi connectivity index (χ3v) is 8.85. The molecule has 218 valence electrons. The van der Waals surface area contributed by atoms with Crippen molar-refractivity contribution in [2.45, 2.75) is 96.2 Å². The van der Waals surface area contributed by atoms with Crippen LogP contribution in [0.5, 0.6) is 0 Å². The predicted octanol–water partition coefficient (Wildman–Crippen LogP) is 4.85. The van der Waals surface area contributed by atoms with Crippen molar-refractivity contribution in [3.8, 4) is 0 Å². The molecule has 8 nitrogen and oxygen atoms in total. The minimum atomic E-state index is -0.811. The Hall–Kier alpha value is -2.52. The summed E-state index contributed by atoms with van der Waals surface area (Å²) in [6.45, 7) is 9.57. The van der Waals surface area contributed by atoms with Gasteiger partial charge in [0.25, 0.3) is 0 Å². The molecule has 0 unspecified atom stereocenters. The van der Waals surface area contributed by atoms with Crippen molar-refractivity contribution in [1.29, 1.82) is 0 Å². The third kappa shape index (κ3) is 6.51. The van der Waals surface area contributed by atoms with Crippen LogP contribution in [0.2, 0.25) is 0 Å². The van der Waals surface area contributed by atoms with E-state index in [-0.39, 0.29) is 12.2 Å². The Kier molecular flexibility index (Phi) is 9.10. The maximum absolute atomic E-state index is 12.7. The molecule has 1 aromatic carbocycles. The summed E-state index contributed by atoms with van der Waals surface area (Å²) in [4.78, 5) is 19.6. The van der Waals surface area contributed by atoms with Crippen LogP contribution in [0.15, 0.2) is 24.3 Å².